The van der Waals surface area contributed by atoms with Gasteiger partial charge in [-0.15, -0.1) is 5.92 Å². The SMILES string of the molecule is CCC#CCN1CCC(CNC(=O)c2cncc(C)c2)CC1. The summed E-state index contributed by atoms with van der Waals surface area (Å²) in [6, 6.07) is 1.87. The molecule has 1 aromatic rings. The Bertz CT molecular complexity index is 551. The topological polar surface area (TPSA) is 45.2 Å². The first kappa shape index (κ1) is 16.5. The summed E-state index contributed by atoms with van der Waals surface area (Å²) in [5, 5.41) is 3.04. The minimum absolute atomic E-state index is 0.0209. The molecule has 0 unspecified atom stereocenters. The van der Waals surface area contributed by atoms with Crippen LogP contribution in [0.2, 0.25) is 0 Å². The molecule has 4 heteroatoms. The molecule has 0 aromatic carbocycles. The number of likely N-dealkylation sites (tertiary alicyclic amines) is 1. The number of carbonyl (C=O) groups excluding carboxylic acids is 1. The van der Waals surface area contributed by atoms with Crippen molar-refractivity contribution in [3.05, 3.63) is 29.6 Å². The average Bonchev–Trinajstić information content (AvgIpc) is 2.54. The van der Waals surface area contributed by atoms with E-state index in [9.17, 15) is 4.79 Å². The van der Waals surface area contributed by atoms with Gasteiger partial charge in [0, 0.05) is 25.4 Å². The first-order valence-corrected chi connectivity index (χ1v) is 8.07. The Kier molecular flexibility index (Phi) is 6.42. The molecule has 0 spiro atoms. The molecule has 1 aliphatic rings. The van der Waals surface area contributed by atoms with Crippen LogP contribution in [0, 0.1) is 24.7 Å². The van der Waals surface area contributed by atoms with E-state index in [2.05, 4.69) is 34.0 Å². The van der Waals surface area contributed by atoms with Crippen LogP contribution in [0.1, 0.15) is 42.1 Å². The van der Waals surface area contributed by atoms with Gasteiger partial charge >= 0.3 is 0 Å². The van der Waals surface area contributed by atoms with E-state index in [0.717, 1.165) is 51.0 Å². The lowest BCUT2D eigenvalue weighted by Crippen LogP contribution is -2.38. The summed E-state index contributed by atoms with van der Waals surface area (Å²) in [4.78, 5) is 18.6. The monoisotopic (exact) mass is 299 g/mol. The quantitative estimate of drug-likeness (QED) is 0.867. The fraction of sp³-hybridized carbons (Fsp3) is 0.556. The highest BCUT2D eigenvalue weighted by atomic mass is 16.1. The maximum atomic E-state index is 12.1. The number of pyridine rings is 1. The third-order valence-electron chi connectivity index (χ3n) is 4.00. The van der Waals surface area contributed by atoms with E-state index < -0.39 is 0 Å². The first-order chi connectivity index (χ1) is 10.7. The Hall–Kier alpha value is -1.86. The molecule has 0 aliphatic carbocycles. The van der Waals surface area contributed by atoms with E-state index >= 15 is 0 Å². The Morgan fingerprint density at radius 2 is 2.14 bits per heavy atom. The number of hydrogen-bond donors (Lipinski definition) is 1. The van der Waals surface area contributed by atoms with Crippen LogP contribution in [0.25, 0.3) is 0 Å². The molecule has 22 heavy (non-hydrogen) atoms. The van der Waals surface area contributed by atoms with Crippen LogP contribution in [0.3, 0.4) is 0 Å². The molecule has 1 aliphatic heterocycles. The summed E-state index contributed by atoms with van der Waals surface area (Å²) >= 11 is 0. The van der Waals surface area contributed by atoms with Gasteiger partial charge in [-0.05, 0) is 50.4 Å². The van der Waals surface area contributed by atoms with Crippen molar-refractivity contribution in [1.29, 1.82) is 0 Å². The number of nitrogens with one attached hydrogen (secondary N) is 1. The van der Waals surface area contributed by atoms with Crippen molar-refractivity contribution in [3.8, 4) is 11.8 Å². The second-order valence-electron chi connectivity index (χ2n) is 5.89. The molecule has 118 valence electrons. The highest BCUT2D eigenvalue weighted by molar-refractivity contribution is 5.93. The maximum Gasteiger partial charge on any atom is 0.252 e. The van der Waals surface area contributed by atoms with Gasteiger partial charge in [-0.2, -0.15) is 0 Å². The van der Waals surface area contributed by atoms with Crippen molar-refractivity contribution in [2.24, 2.45) is 5.92 Å². The lowest BCUT2D eigenvalue weighted by Gasteiger charge is -2.30. The number of piperidine rings is 1. The van der Waals surface area contributed by atoms with Crippen molar-refractivity contribution in [2.45, 2.75) is 33.1 Å². The van der Waals surface area contributed by atoms with Crippen LogP contribution >= 0.6 is 0 Å². The standard InChI is InChI=1S/C18H25N3O/c1-3-4-5-8-21-9-6-16(7-10-21)13-20-18(22)17-11-15(2)12-19-14-17/h11-12,14,16H,3,6-10,13H2,1-2H3,(H,20,22). The number of hydrogen-bond acceptors (Lipinski definition) is 3. The van der Waals surface area contributed by atoms with E-state index in [1.54, 1.807) is 12.4 Å². The molecule has 0 saturated carbocycles. The van der Waals surface area contributed by atoms with Crippen LogP contribution < -0.4 is 5.32 Å². The number of nitrogens with zero attached hydrogens (tertiary/aromatic N) is 2. The fourth-order valence-electron chi connectivity index (χ4n) is 2.66. The van der Waals surface area contributed by atoms with Crippen LogP contribution in [-0.4, -0.2) is 42.0 Å². The van der Waals surface area contributed by atoms with Gasteiger partial charge < -0.3 is 5.32 Å². The van der Waals surface area contributed by atoms with Crippen LogP contribution in [0.4, 0.5) is 0 Å². The summed E-state index contributed by atoms with van der Waals surface area (Å²) in [6.07, 6.45) is 6.56. The molecule has 1 saturated heterocycles. The van der Waals surface area contributed by atoms with Gasteiger partial charge in [-0.3, -0.25) is 14.7 Å². The summed E-state index contributed by atoms with van der Waals surface area (Å²) in [7, 11) is 0. The van der Waals surface area contributed by atoms with E-state index in [4.69, 9.17) is 0 Å². The summed E-state index contributed by atoms with van der Waals surface area (Å²) in [6.45, 7) is 7.80. The largest absolute Gasteiger partial charge is 0.352 e. The molecule has 1 N–H and O–H groups in total. The first-order valence-electron chi connectivity index (χ1n) is 8.07. The number of rotatable bonds is 4. The van der Waals surface area contributed by atoms with Gasteiger partial charge in [-0.1, -0.05) is 12.8 Å². The van der Waals surface area contributed by atoms with Crippen molar-refractivity contribution < 1.29 is 4.79 Å². The fourth-order valence-corrected chi connectivity index (χ4v) is 2.66. The highest BCUT2D eigenvalue weighted by Gasteiger charge is 2.19. The van der Waals surface area contributed by atoms with Crippen molar-refractivity contribution >= 4 is 5.91 Å². The van der Waals surface area contributed by atoms with E-state index in [0.29, 0.717) is 11.5 Å². The van der Waals surface area contributed by atoms with Crippen molar-refractivity contribution in [2.75, 3.05) is 26.2 Å². The molecule has 1 aromatic heterocycles. The minimum atomic E-state index is -0.0209. The van der Waals surface area contributed by atoms with Crippen LogP contribution in [0.15, 0.2) is 18.5 Å². The highest BCUT2D eigenvalue weighted by Crippen LogP contribution is 2.16. The zero-order valence-electron chi connectivity index (χ0n) is 13.6. The predicted octanol–water partition coefficient (Wildman–Crippen LogP) is 2.25. The van der Waals surface area contributed by atoms with Gasteiger partial charge in [0.1, 0.15) is 0 Å². The minimum Gasteiger partial charge on any atom is -0.352 e. The number of amides is 1. The van der Waals surface area contributed by atoms with Gasteiger partial charge in [0.25, 0.3) is 5.91 Å². The smallest absolute Gasteiger partial charge is 0.252 e. The van der Waals surface area contributed by atoms with E-state index in [1.807, 2.05) is 13.0 Å². The second kappa shape index (κ2) is 8.55. The van der Waals surface area contributed by atoms with Gasteiger partial charge in [-0.25, -0.2) is 0 Å². The lowest BCUT2D eigenvalue weighted by atomic mass is 9.96. The number of aryl methyl sites for hydroxylation is 1. The maximum absolute atomic E-state index is 12.1. The zero-order valence-corrected chi connectivity index (χ0v) is 13.6. The van der Waals surface area contributed by atoms with Crippen LogP contribution in [0.5, 0.6) is 0 Å². The molecule has 2 heterocycles. The van der Waals surface area contributed by atoms with Crippen LogP contribution in [-0.2, 0) is 0 Å². The lowest BCUT2D eigenvalue weighted by molar-refractivity contribution is 0.0937. The summed E-state index contributed by atoms with van der Waals surface area (Å²) in [5.74, 6) is 6.86. The Balaban J connectivity index is 1.71. The predicted molar refractivity (Wildman–Crippen MR) is 88.5 cm³/mol. The van der Waals surface area contributed by atoms with Gasteiger partial charge in [0.2, 0.25) is 0 Å². The Labute approximate surface area is 133 Å². The molecule has 1 fully saturated rings. The van der Waals surface area contributed by atoms with Gasteiger partial charge in [0.05, 0.1) is 12.1 Å². The summed E-state index contributed by atoms with van der Waals surface area (Å²) < 4.78 is 0. The molecule has 0 radical (unpaired) electrons. The number of aromatic nitrogens is 1. The molecular formula is C18H25N3O. The molecule has 2 rings (SSSR count). The molecular weight excluding hydrogens is 274 g/mol. The zero-order chi connectivity index (χ0) is 15.8. The number of carbonyl (C=O) groups is 1. The Morgan fingerprint density at radius 1 is 1.36 bits per heavy atom. The molecule has 4 nitrogen and oxygen atoms in total. The molecule has 0 atom stereocenters. The van der Waals surface area contributed by atoms with Crippen molar-refractivity contribution in [1.82, 2.24) is 15.2 Å². The normalized spacial score (nSPS) is 15.9. The average molecular weight is 299 g/mol. The molecule has 1 amide bonds. The van der Waals surface area contributed by atoms with E-state index in [-0.39, 0.29) is 5.91 Å². The summed E-state index contributed by atoms with van der Waals surface area (Å²) in [5.41, 5.74) is 1.65. The Morgan fingerprint density at radius 3 is 2.82 bits per heavy atom. The second-order valence-corrected chi connectivity index (χ2v) is 5.89. The molecule has 0 bridgehead atoms. The third-order valence-corrected chi connectivity index (χ3v) is 4.00. The third kappa shape index (κ3) is 5.16. The van der Waals surface area contributed by atoms with Gasteiger partial charge in [0.15, 0.2) is 0 Å². The van der Waals surface area contributed by atoms with E-state index in [1.165, 1.54) is 0 Å². The van der Waals surface area contributed by atoms with Crippen molar-refractivity contribution in [3.63, 3.8) is 0 Å².